The Labute approximate surface area is 199 Å². The molecule has 1 saturated carbocycles. The van der Waals surface area contributed by atoms with Crippen LogP contribution in [0.15, 0.2) is 53.3 Å². The number of rotatable bonds is 6. The molecule has 1 aliphatic carbocycles. The number of carbonyl (C=O) groups excluding carboxylic acids is 1. The minimum absolute atomic E-state index is 0.277. The zero-order chi connectivity index (χ0) is 23.5. The van der Waals surface area contributed by atoms with Crippen LogP contribution in [0.1, 0.15) is 63.1 Å². The summed E-state index contributed by atoms with van der Waals surface area (Å²) in [4.78, 5) is 27.5. The van der Waals surface area contributed by atoms with Crippen molar-refractivity contribution in [3.63, 3.8) is 0 Å². The number of nitrogens with one attached hydrogen (secondary N) is 1. The molecular weight excluding hydrogens is 428 g/mol. The molecule has 1 saturated heterocycles. The van der Waals surface area contributed by atoms with Gasteiger partial charge in [0.05, 0.1) is 11.4 Å². The SMILES string of the molecule is CC(C(=O)Nc1cccc(-c2ccc(N3CCCCCC3)nn2)c1)n1nc(C2CC2)ccc1=O. The van der Waals surface area contributed by atoms with E-state index in [-0.39, 0.29) is 11.5 Å². The lowest BCUT2D eigenvalue weighted by molar-refractivity contribution is -0.119. The molecule has 176 valence electrons. The first kappa shape index (κ1) is 22.3. The normalized spacial score (nSPS) is 17.1. The van der Waals surface area contributed by atoms with Crippen molar-refractivity contribution >= 4 is 17.4 Å². The number of aromatic nitrogens is 4. The molecule has 3 aromatic rings. The van der Waals surface area contributed by atoms with E-state index in [4.69, 9.17) is 0 Å². The fourth-order valence-electron chi connectivity index (χ4n) is 4.38. The smallest absolute Gasteiger partial charge is 0.267 e. The first-order valence-electron chi connectivity index (χ1n) is 12.2. The van der Waals surface area contributed by atoms with Crippen LogP contribution in [0.2, 0.25) is 0 Å². The molecule has 34 heavy (non-hydrogen) atoms. The van der Waals surface area contributed by atoms with Gasteiger partial charge in [-0.3, -0.25) is 9.59 Å². The molecule has 0 radical (unpaired) electrons. The van der Waals surface area contributed by atoms with Crippen LogP contribution in [0.25, 0.3) is 11.3 Å². The molecule has 1 aliphatic heterocycles. The Morgan fingerprint density at radius 1 is 1.00 bits per heavy atom. The van der Waals surface area contributed by atoms with Crippen molar-refractivity contribution in [1.29, 1.82) is 0 Å². The summed E-state index contributed by atoms with van der Waals surface area (Å²) in [6.07, 6.45) is 7.10. The van der Waals surface area contributed by atoms with E-state index < -0.39 is 6.04 Å². The lowest BCUT2D eigenvalue weighted by Gasteiger charge is -2.20. The van der Waals surface area contributed by atoms with Gasteiger partial charge in [0.25, 0.3) is 5.56 Å². The molecule has 2 aromatic heterocycles. The number of hydrogen-bond acceptors (Lipinski definition) is 6. The molecule has 2 aliphatic rings. The highest BCUT2D eigenvalue weighted by molar-refractivity contribution is 5.94. The first-order chi connectivity index (χ1) is 16.6. The van der Waals surface area contributed by atoms with E-state index >= 15 is 0 Å². The topological polar surface area (TPSA) is 93.0 Å². The lowest BCUT2D eigenvalue weighted by atomic mass is 10.1. The molecule has 8 heteroatoms. The molecule has 5 rings (SSSR count). The third-order valence-corrected chi connectivity index (χ3v) is 6.59. The Balaban J connectivity index is 1.29. The van der Waals surface area contributed by atoms with Gasteiger partial charge in [-0.15, -0.1) is 10.2 Å². The fourth-order valence-corrected chi connectivity index (χ4v) is 4.38. The third kappa shape index (κ3) is 5.00. The number of hydrogen-bond donors (Lipinski definition) is 1. The molecule has 0 spiro atoms. The highest BCUT2D eigenvalue weighted by Crippen LogP contribution is 2.38. The van der Waals surface area contributed by atoms with Crippen LogP contribution in [0.4, 0.5) is 11.5 Å². The van der Waals surface area contributed by atoms with Crippen LogP contribution in [-0.2, 0) is 4.79 Å². The molecular formula is C26H30N6O2. The van der Waals surface area contributed by atoms with Crippen molar-refractivity contribution in [2.45, 2.75) is 57.4 Å². The lowest BCUT2D eigenvalue weighted by Crippen LogP contribution is -2.33. The van der Waals surface area contributed by atoms with Crippen LogP contribution in [0.5, 0.6) is 0 Å². The zero-order valence-corrected chi connectivity index (χ0v) is 19.5. The number of anilines is 2. The van der Waals surface area contributed by atoms with Crippen LogP contribution in [0.3, 0.4) is 0 Å². The Bertz CT molecular complexity index is 1210. The van der Waals surface area contributed by atoms with Crippen molar-refractivity contribution in [1.82, 2.24) is 20.0 Å². The maximum absolute atomic E-state index is 12.9. The maximum atomic E-state index is 12.9. The molecule has 3 heterocycles. The molecule has 1 unspecified atom stereocenters. The van der Waals surface area contributed by atoms with Crippen LogP contribution >= 0.6 is 0 Å². The van der Waals surface area contributed by atoms with Gasteiger partial charge in [0.15, 0.2) is 5.82 Å². The summed E-state index contributed by atoms with van der Waals surface area (Å²) < 4.78 is 1.28. The molecule has 1 amide bonds. The van der Waals surface area contributed by atoms with Gasteiger partial charge >= 0.3 is 0 Å². The molecule has 8 nitrogen and oxygen atoms in total. The molecule has 0 bridgehead atoms. The maximum Gasteiger partial charge on any atom is 0.267 e. The number of benzene rings is 1. The molecule has 1 aromatic carbocycles. The minimum atomic E-state index is -0.720. The van der Waals surface area contributed by atoms with E-state index in [1.807, 2.05) is 36.4 Å². The number of amides is 1. The van der Waals surface area contributed by atoms with Gasteiger partial charge in [-0.25, -0.2) is 4.68 Å². The Morgan fingerprint density at radius 2 is 1.79 bits per heavy atom. The van der Waals surface area contributed by atoms with E-state index in [1.165, 1.54) is 36.4 Å². The van der Waals surface area contributed by atoms with Crippen LogP contribution < -0.4 is 15.8 Å². The second-order valence-corrected chi connectivity index (χ2v) is 9.24. The third-order valence-electron chi connectivity index (χ3n) is 6.59. The van der Waals surface area contributed by atoms with E-state index in [0.29, 0.717) is 11.6 Å². The van der Waals surface area contributed by atoms with Gasteiger partial charge in [0, 0.05) is 36.3 Å². The van der Waals surface area contributed by atoms with Crippen LogP contribution in [-0.4, -0.2) is 39.0 Å². The molecule has 2 fully saturated rings. The Morgan fingerprint density at radius 3 is 2.50 bits per heavy atom. The first-order valence-corrected chi connectivity index (χ1v) is 12.2. The quantitative estimate of drug-likeness (QED) is 0.596. The van der Waals surface area contributed by atoms with E-state index in [0.717, 1.165) is 48.7 Å². The van der Waals surface area contributed by atoms with Crippen molar-refractivity contribution in [2.24, 2.45) is 0 Å². The van der Waals surface area contributed by atoms with Gasteiger partial charge in [-0.1, -0.05) is 25.0 Å². The second kappa shape index (κ2) is 9.75. The predicted octanol–water partition coefficient (Wildman–Crippen LogP) is 4.16. The Hall–Kier alpha value is -3.55. The largest absolute Gasteiger partial charge is 0.355 e. The van der Waals surface area contributed by atoms with Gasteiger partial charge in [0.1, 0.15) is 6.04 Å². The molecule has 1 N–H and O–H groups in total. The summed E-state index contributed by atoms with van der Waals surface area (Å²) in [7, 11) is 0. The van der Waals surface area contributed by atoms with Gasteiger partial charge < -0.3 is 10.2 Å². The highest BCUT2D eigenvalue weighted by Gasteiger charge is 2.27. The summed E-state index contributed by atoms with van der Waals surface area (Å²) in [5, 5.41) is 16.3. The summed E-state index contributed by atoms with van der Waals surface area (Å²) in [6.45, 7) is 3.74. The van der Waals surface area contributed by atoms with Gasteiger partial charge in [0.2, 0.25) is 5.91 Å². The Kier molecular flexibility index (Phi) is 6.38. The number of carbonyl (C=O) groups is 1. The summed E-state index contributed by atoms with van der Waals surface area (Å²) in [6, 6.07) is 14.1. The second-order valence-electron chi connectivity index (χ2n) is 9.24. The average Bonchev–Trinajstić information content (AvgIpc) is 3.72. The standard InChI is InChI=1S/C26H30N6O2/c1-18(32-25(33)14-12-23(30-32)19-9-10-19)26(34)27-21-8-6-7-20(17-21)22-11-13-24(29-28-22)31-15-4-2-3-5-16-31/h6-8,11-14,17-19H,2-5,9-10,15-16H2,1H3,(H,27,34). The van der Waals surface area contributed by atoms with Crippen molar-refractivity contribution in [2.75, 3.05) is 23.3 Å². The predicted molar refractivity (Wildman–Crippen MR) is 132 cm³/mol. The van der Waals surface area contributed by atoms with Crippen LogP contribution in [0, 0.1) is 0 Å². The van der Waals surface area contributed by atoms with Crippen molar-refractivity contribution in [3.05, 3.63) is 64.6 Å². The summed E-state index contributed by atoms with van der Waals surface area (Å²) in [5.74, 6) is 1.03. The van der Waals surface area contributed by atoms with E-state index in [1.54, 1.807) is 13.0 Å². The van der Waals surface area contributed by atoms with Gasteiger partial charge in [-0.2, -0.15) is 5.10 Å². The van der Waals surface area contributed by atoms with E-state index in [9.17, 15) is 9.59 Å². The van der Waals surface area contributed by atoms with Gasteiger partial charge in [-0.05, 0) is 62.9 Å². The minimum Gasteiger partial charge on any atom is -0.355 e. The fraction of sp³-hybridized carbons (Fsp3) is 0.423. The highest BCUT2D eigenvalue weighted by atomic mass is 16.2. The van der Waals surface area contributed by atoms with E-state index in [2.05, 4.69) is 25.5 Å². The number of nitrogens with zero attached hydrogens (tertiary/aromatic N) is 5. The van der Waals surface area contributed by atoms with Crippen molar-refractivity contribution < 1.29 is 4.79 Å². The average molecular weight is 459 g/mol. The van der Waals surface area contributed by atoms with Crippen molar-refractivity contribution in [3.8, 4) is 11.3 Å². The summed E-state index contributed by atoms with van der Waals surface area (Å²) >= 11 is 0. The zero-order valence-electron chi connectivity index (χ0n) is 19.5. The summed E-state index contributed by atoms with van der Waals surface area (Å²) in [5.41, 5.74) is 2.85. The molecule has 1 atom stereocenters. The monoisotopic (exact) mass is 458 g/mol.